The normalized spacial score (nSPS) is 17.6. The Labute approximate surface area is 107 Å². The molecule has 0 aromatic heterocycles. The standard InChI is InChI=1S/C13H17FN4/c1-17-4-6-18(7-5-17)16-10-12-8-13(14)3-2-11(12)9-15/h2-3,8,16H,4-7,10H2,1H3. The van der Waals surface area contributed by atoms with Gasteiger partial charge in [0.25, 0.3) is 0 Å². The molecule has 1 heterocycles. The van der Waals surface area contributed by atoms with Gasteiger partial charge in [0, 0.05) is 32.7 Å². The molecule has 0 aliphatic carbocycles. The number of piperazine rings is 1. The maximum absolute atomic E-state index is 13.1. The van der Waals surface area contributed by atoms with Crippen LogP contribution in [0.1, 0.15) is 11.1 Å². The minimum absolute atomic E-state index is 0.302. The van der Waals surface area contributed by atoms with Crippen molar-refractivity contribution in [3.8, 4) is 6.07 Å². The van der Waals surface area contributed by atoms with Crippen LogP contribution in [0, 0.1) is 17.1 Å². The maximum atomic E-state index is 13.1. The summed E-state index contributed by atoms with van der Waals surface area (Å²) in [5, 5.41) is 11.1. The lowest BCUT2D eigenvalue weighted by atomic mass is 10.1. The van der Waals surface area contributed by atoms with Crippen LogP contribution in [0.15, 0.2) is 18.2 Å². The largest absolute Gasteiger partial charge is 0.304 e. The second-order valence-electron chi connectivity index (χ2n) is 4.54. The zero-order chi connectivity index (χ0) is 13.0. The van der Waals surface area contributed by atoms with Crippen LogP contribution in [0.5, 0.6) is 0 Å². The number of halogens is 1. The number of benzene rings is 1. The van der Waals surface area contributed by atoms with Crippen LogP contribution in [-0.4, -0.2) is 43.1 Å². The Kier molecular flexibility index (Phi) is 4.26. The molecule has 4 nitrogen and oxygen atoms in total. The molecule has 1 saturated heterocycles. The molecule has 1 aliphatic rings. The monoisotopic (exact) mass is 248 g/mol. The lowest BCUT2D eigenvalue weighted by Crippen LogP contribution is -2.50. The highest BCUT2D eigenvalue weighted by molar-refractivity contribution is 5.37. The summed E-state index contributed by atoms with van der Waals surface area (Å²) in [6.45, 7) is 4.40. The number of likely N-dealkylation sites (N-methyl/N-ethyl adjacent to an activating group) is 1. The molecule has 18 heavy (non-hydrogen) atoms. The maximum Gasteiger partial charge on any atom is 0.123 e. The molecular formula is C13H17FN4. The van der Waals surface area contributed by atoms with E-state index >= 15 is 0 Å². The first-order valence-electron chi connectivity index (χ1n) is 6.04. The van der Waals surface area contributed by atoms with Gasteiger partial charge in [0.05, 0.1) is 11.6 Å². The molecule has 0 radical (unpaired) electrons. The number of nitriles is 1. The zero-order valence-corrected chi connectivity index (χ0v) is 10.5. The third-order valence-corrected chi connectivity index (χ3v) is 3.18. The highest BCUT2D eigenvalue weighted by Gasteiger charge is 2.13. The van der Waals surface area contributed by atoms with Crippen LogP contribution in [-0.2, 0) is 6.54 Å². The van der Waals surface area contributed by atoms with Crippen molar-refractivity contribution < 1.29 is 4.39 Å². The second-order valence-corrected chi connectivity index (χ2v) is 4.54. The Morgan fingerprint density at radius 3 is 2.72 bits per heavy atom. The summed E-state index contributed by atoms with van der Waals surface area (Å²) in [4.78, 5) is 2.26. The van der Waals surface area contributed by atoms with E-state index in [4.69, 9.17) is 5.26 Å². The molecule has 1 fully saturated rings. The van der Waals surface area contributed by atoms with Gasteiger partial charge in [-0.05, 0) is 30.8 Å². The van der Waals surface area contributed by atoms with Crippen LogP contribution in [0.2, 0.25) is 0 Å². The fourth-order valence-electron chi connectivity index (χ4n) is 1.98. The third-order valence-electron chi connectivity index (χ3n) is 3.18. The van der Waals surface area contributed by atoms with Gasteiger partial charge in [-0.2, -0.15) is 5.26 Å². The van der Waals surface area contributed by atoms with E-state index in [1.54, 1.807) is 0 Å². The van der Waals surface area contributed by atoms with Crippen molar-refractivity contribution in [1.29, 1.82) is 5.26 Å². The Morgan fingerprint density at radius 1 is 1.33 bits per heavy atom. The number of hydrogen-bond donors (Lipinski definition) is 1. The lowest BCUT2D eigenvalue weighted by Gasteiger charge is -2.32. The molecular weight excluding hydrogens is 231 g/mol. The zero-order valence-electron chi connectivity index (χ0n) is 10.5. The van der Waals surface area contributed by atoms with Gasteiger partial charge in [-0.15, -0.1) is 0 Å². The quantitative estimate of drug-likeness (QED) is 0.865. The number of hydrazine groups is 1. The van der Waals surface area contributed by atoms with Gasteiger partial charge in [-0.3, -0.25) is 5.43 Å². The number of hydrogen-bond acceptors (Lipinski definition) is 4. The number of nitrogens with zero attached hydrogens (tertiary/aromatic N) is 3. The van der Waals surface area contributed by atoms with Gasteiger partial charge in [0.2, 0.25) is 0 Å². The Morgan fingerprint density at radius 2 is 2.06 bits per heavy atom. The molecule has 1 aromatic carbocycles. The fraction of sp³-hybridized carbons (Fsp3) is 0.462. The van der Waals surface area contributed by atoms with E-state index < -0.39 is 0 Å². The molecule has 96 valence electrons. The topological polar surface area (TPSA) is 42.3 Å². The van der Waals surface area contributed by atoms with E-state index in [0.29, 0.717) is 17.7 Å². The van der Waals surface area contributed by atoms with Crippen molar-refractivity contribution in [1.82, 2.24) is 15.3 Å². The van der Waals surface area contributed by atoms with Gasteiger partial charge in [-0.1, -0.05) is 0 Å². The van der Waals surface area contributed by atoms with E-state index in [0.717, 1.165) is 26.2 Å². The second kappa shape index (κ2) is 5.91. The van der Waals surface area contributed by atoms with Crippen LogP contribution >= 0.6 is 0 Å². The van der Waals surface area contributed by atoms with Crippen molar-refractivity contribution in [2.75, 3.05) is 33.2 Å². The Bertz CT molecular complexity index is 447. The first-order valence-corrected chi connectivity index (χ1v) is 6.04. The highest BCUT2D eigenvalue weighted by Crippen LogP contribution is 2.10. The SMILES string of the molecule is CN1CCN(NCc2cc(F)ccc2C#N)CC1. The molecule has 1 N–H and O–H groups in total. The van der Waals surface area contributed by atoms with Crippen molar-refractivity contribution in [2.45, 2.75) is 6.54 Å². The van der Waals surface area contributed by atoms with E-state index in [9.17, 15) is 4.39 Å². The summed E-state index contributed by atoms with van der Waals surface area (Å²) in [6.07, 6.45) is 0. The average molecular weight is 248 g/mol. The van der Waals surface area contributed by atoms with Crippen LogP contribution in [0.25, 0.3) is 0 Å². The van der Waals surface area contributed by atoms with Crippen molar-refractivity contribution in [3.05, 3.63) is 35.1 Å². The summed E-state index contributed by atoms with van der Waals surface area (Å²) < 4.78 is 13.1. The minimum Gasteiger partial charge on any atom is -0.304 e. The summed E-state index contributed by atoms with van der Waals surface area (Å²) in [6, 6.07) is 6.34. The summed E-state index contributed by atoms with van der Waals surface area (Å²) in [5.74, 6) is -0.302. The molecule has 5 heteroatoms. The summed E-state index contributed by atoms with van der Waals surface area (Å²) >= 11 is 0. The highest BCUT2D eigenvalue weighted by atomic mass is 19.1. The van der Waals surface area contributed by atoms with Gasteiger partial charge < -0.3 is 4.90 Å². The molecule has 0 amide bonds. The first-order chi connectivity index (χ1) is 8.69. The summed E-state index contributed by atoms with van der Waals surface area (Å²) in [5.41, 5.74) is 4.48. The van der Waals surface area contributed by atoms with E-state index in [-0.39, 0.29) is 5.82 Å². The minimum atomic E-state index is -0.302. The van der Waals surface area contributed by atoms with E-state index in [1.165, 1.54) is 18.2 Å². The Hall–Kier alpha value is -1.48. The van der Waals surface area contributed by atoms with Crippen molar-refractivity contribution >= 4 is 0 Å². The fourth-order valence-corrected chi connectivity index (χ4v) is 1.98. The molecule has 0 bridgehead atoms. The van der Waals surface area contributed by atoms with E-state index in [2.05, 4.69) is 28.5 Å². The summed E-state index contributed by atoms with van der Waals surface area (Å²) in [7, 11) is 2.09. The average Bonchev–Trinajstić information content (AvgIpc) is 2.38. The smallest absolute Gasteiger partial charge is 0.123 e. The van der Waals surface area contributed by atoms with Crippen LogP contribution in [0.4, 0.5) is 4.39 Å². The molecule has 2 rings (SSSR count). The predicted octanol–water partition coefficient (Wildman–Crippen LogP) is 0.949. The first kappa shape index (κ1) is 13.0. The van der Waals surface area contributed by atoms with Crippen molar-refractivity contribution in [3.63, 3.8) is 0 Å². The van der Waals surface area contributed by atoms with Crippen LogP contribution < -0.4 is 5.43 Å². The molecule has 0 spiro atoms. The van der Waals surface area contributed by atoms with E-state index in [1.807, 2.05) is 0 Å². The molecule has 1 aliphatic heterocycles. The van der Waals surface area contributed by atoms with Crippen LogP contribution in [0.3, 0.4) is 0 Å². The Balaban J connectivity index is 1.94. The lowest BCUT2D eigenvalue weighted by molar-refractivity contribution is 0.102. The third kappa shape index (κ3) is 3.26. The van der Waals surface area contributed by atoms with Gasteiger partial charge >= 0.3 is 0 Å². The van der Waals surface area contributed by atoms with Crippen molar-refractivity contribution in [2.24, 2.45) is 0 Å². The molecule has 0 atom stereocenters. The van der Waals surface area contributed by atoms with Gasteiger partial charge in [0.15, 0.2) is 0 Å². The predicted molar refractivity (Wildman–Crippen MR) is 67.0 cm³/mol. The number of rotatable bonds is 3. The molecule has 1 aromatic rings. The molecule has 0 saturated carbocycles. The molecule has 0 unspecified atom stereocenters. The van der Waals surface area contributed by atoms with Gasteiger partial charge in [0.1, 0.15) is 5.82 Å². The number of nitrogens with one attached hydrogen (secondary N) is 1. The van der Waals surface area contributed by atoms with Gasteiger partial charge in [-0.25, -0.2) is 9.40 Å².